The lowest BCUT2D eigenvalue weighted by Crippen LogP contribution is -2.39. The van der Waals surface area contributed by atoms with Crippen LogP contribution in [0.15, 0.2) is 0 Å². The van der Waals surface area contributed by atoms with E-state index in [0.29, 0.717) is 24.0 Å². The fourth-order valence-corrected chi connectivity index (χ4v) is 5.91. The minimum atomic E-state index is -0.819. The summed E-state index contributed by atoms with van der Waals surface area (Å²) in [5.41, 5.74) is -0.832. The van der Waals surface area contributed by atoms with Crippen LogP contribution in [0, 0.1) is 28.6 Å². The molecule has 1 saturated heterocycles. The van der Waals surface area contributed by atoms with Crippen molar-refractivity contribution in [2.24, 2.45) is 28.6 Å². The molecule has 0 N–H and O–H groups in total. The maximum Gasteiger partial charge on any atom is 0.340 e. The van der Waals surface area contributed by atoms with E-state index in [1.807, 2.05) is 27.7 Å². The second-order valence-corrected chi connectivity index (χ2v) is 10.9. The van der Waals surface area contributed by atoms with Crippen molar-refractivity contribution < 1.29 is 19.1 Å². The van der Waals surface area contributed by atoms with Gasteiger partial charge in [0.1, 0.15) is 5.78 Å². The summed E-state index contributed by atoms with van der Waals surface area (Å²) in [6.07, 6.45) is 7.56. The topological polar surface area (TPSA) is 52.6 Å². The molecule has 0 aromatic heterocycles. The highest BCUT2D eigenvalue weighted by atomic mass is 16.8. The maximum absolute atomic E-state index is 12.4. The maximum atomic E-state index is 12.4. The molecule has 0 aromatic carbocycles. The average Bonchev–Trinajstić information content (AvgIpc) is 3.06. The number of hydrogen-bond donors (Lipinski definition) is 0. The Kier molecular flexibility index (Phi) is 5.53. The Morgan fingerprint density at radius 2 is 1.89 bits per heavy atom. The zero-order valence-corrected chi connectivity index (χ0v) is 18.1. The van der Waals surface area contributed by atoms with Crippen molar-refractivity contribution in [3.05, 3.63) is 0 Å². The fraction of sp³-hybridized carbons (Fsp3) is 0.913. The molecule has 2 saturated carbocycles. The zero-order valence-electron chi connectivity index (χ0n) is 18.1. The van der Waals surface area contributed by atoms with Gasteiger partial charge in [-0.2, -0.15) is 0 Å². The number of carbonyl (C=O) groups is 2. The largest absolute Gasteiger partial charge is 0.433 e. The first-order chi connectivity index (χ1) is 12.5. The summed E-state index contributed by atoms with van der Waals surface area (Å²) in [6.45, 7) is 12.7. The molecule has 1 aliphatic heterocycles. The molecular weight excluding hydrogens is 340 g/mol. The normalized spacial score (nSPS) is 40.7. The molecule has 0 bridgehead atoms. The van der Waals surface area contributed by atoms with E-state index in [0.717, 1.165) is 32.1 Å². The summed E-state index contributed by atoms with van der Waals surface area (Å²) in [7, 11) is 0. The third kappa shape index (κ3) is 3.83. The highest BCUT2D eigenvalue weighted by molar-refractivity contribution is 5.83. The van der Waals surface area contributed by atoms with Crippen LogP contribution in [-0.4, -0.2) is 23.6 Å². The third-order valence-corrected chi connectivity index (χ3v) is 7.66. The first-order valence-corrected chi connectivity index (χ1v) is 10.9. The van der Waals surface area contributed by atoms with E-state index in [9.17, 15) is 9.59 Å². The van der Waals surface area contributed by atoms with Crippen molar-refractivity contribution in [1.29, 1.82) is 0 Å². The number of hydrogen-bond acceptors (Lipinski definition) is 4. The molecule has 154 valence electrons. The molecule has 6 atom stereocenters. The first kappa shape index (κ1) is 20.8. The van der Waals surface area contributed by atoms with Gasteiger partial charge in [-0.05, 0) is 62.7 Å². The molecule has 0 aromatic rings. The van der Waals surface area contributed by atoms with Crippen molar-refractivity contribution in [1.82, 2.24) is 0 Å². The highest BCUT2D eigenvalue weighted by Crippen LogP contribution is 2.57. The molecule has 27 heavy (non-hydrogen) atoms. The van der Waals surface area contributed by atoms with E-state index in [-0.39, 0.29) is 22.7 Å². The molecule has 1 heterocycles. The zero-order chi connectivity index (χ0) is 20.0. The molecule has 3 fully saturated rings. The van der Waals surface area contributed by atoms with Gasteiger partial charge in [-0.15, -0.1) is 0 Å². The summed E-state index contributed by atoms with van der Waals surface area (Å²) >= 11 is 0. The predicted octanol–water partition coefficient (Wildman–Crippen LogP) is 5.28. The number of ether oxygens (including phenoxy) is 2. The Labute approximate surface area is 164 Å². The minimum absolute atomic E-state index is 0.193. The van der Waals surface area contributed by atoms with Gasteiger partial charge in [0.15, 0.2) is 5.60 Å². The van der Waals surface area contributed by atoms with E-state index in [1.54, 1.807) is 0 Å². The van der Waals surface area contributed by atoms with Gasteiger partial charge in [0.2, 0.25) is 6.29 Å². The molecule has 4 heteroatoms. The second-order valence-electron chi connectivity index (χ2n) is 10.9. The van der Waals surface area contributed by atoms with Crippen LogP contribution in [0.3, 0.4) is 0 Å². The number of fused-ring (bicyclic) bond motifs is 1. The number of esters is 1. The lowest BCUT2D eigenvalue weighted by Gasteiger charge is -2.42. The van der Waals surface area contributed by atoms with Crippen LogP contribution < -0.4 is 0 Å². The SMILES string of the molecule is C[C@H](CCC[C@]1(C)O[C@@H](C(C)(C)C)OC1=O)[C@H]1CCC2C(=O)CCC[C@]21C. The van der Waals surface area contributed by atoms with Crippen molar-refractivity contribution in [3.63, 3.8) is 0 Å². The van der Waals surface area contributed by atoms with Crippen molar-refractivity contribution >= 4 is 11.8 Å². The molecule has 1 unspecified atom stereocenters. The van der Waals surface area contributed by atoms with Gasteiger partial charge in [0.25, 0.3) is 0 Å². The van der Waals surface area contributed by atoms with Crippen molar-refractivity contribution in [2.75, 3.05) is 0 Å². The molecule has 3 rings (SSSR count). The third-order valence-electron chi connectivity index (χ3n) is 7.66. The summed E-state index contributed by atoms with van der Waals surface area (Å²) in [6, 6.07) is 0. The molecule has 2 aliphatic carbocycles. The Morgan fingerprint density at radius 1 is 1.19 bits per heavy atom. The Balaban J connectivity index is 1.55. The molecular formula is C23H38O4. The predicted molar refractivity (Wildman–Crippen MR) is 105 cm³/mol. The second kappa shape index (κ2) is 7.17. The van der Waals surface area contributed by atoms with Gasteiger partial charge in [0.05, 0.1) is 0 Å². The minimum Gasteiger partial charge on any atom is -0.433 e. The van der Waals surface area contributed by atoms with Gasteiger partial charge in [0, 0.05) is 17.8 Å². The van der Waals surface area contributed by atoms with E-state index < -0.39 is 11.9 Å². The lowest BCUT2D eigenvalue weighted by atomic mass is 9.62. The number of Topliss-reactive ketones (excluding diaryl/α,β-unsaturated/α-hetero) is 1. The van der Waals surface area contributed by atoms with Crippen LogP contribution in [0.4, 0.5) is 0 Å². The number of cyclic esters (lactones) is 1. The summed E-state index contributed by atoms with van der Waals surface area (Å²) in [5.74, 6) is 1.77. The number of carbonyl (C=O) groups excluding carboxylic acids is 2. The Hall–Kier alpha value is -0.900. The first-order valence-electron chi connectivity index (χ1n) is 10.9. The summed E-state index contributed by atoms with van der Waals surface area (Å²) in [4.78, 5) is 24.7. The number of ketones is 1. The van der Waals surface area contributed by atoms with Crippen LogP contribution in [0.25, 0.3) is 0 Å². The molecule has 0 radical (unpaired) electrons. The summed E-state index contributed by atoms with van der Waals surface area (Å²) < 4.78 is 11.5. The van der Waals surface area contributed by atoms with Crippen LogP contribution in [0.2, 0.25) is 0 Å². The highest BCUT2D eigenvalue weighted by Gasteiger charge is 2.53. The number of rotatable bonds is 5. The smallest absolute Gasteiger partial charge is 0.340 e. The van der Waals surface area contributed by atoms with Gasteiger partial charge >= 0.3 is 5.97 Å². The van der Waals surface area contributed by atoms with Crippen molar-refractivity contribution in [2.45, 2.75) is 105 Å². The van der Waals surface area contributed by atoms with Gasteiger partial charge in [-0.3, -0.25) is 4.79 Å². The molecule has 0 spiro atoms. The van der Waals surface area contributed by atoms with E-state index >= 15 is 0 Å². The standard InChI is InChI=1S/C23H38O4/c1-15(16-11-12-17-18(24)10-8-13-22(16,17)5)9-7-14-23(6)19(25)26-20(27-23)21(2,3)4/h15-17,20H,7-14H2,1-6H3/t15-,16-,17?,20+,22+,23+/m1/s1. The Bertz CT molecular complexity index is 592. The van der Waals surface area contributed by atoms with Gasteiger partial charge < -0.3 is 9.47 Å². The molecule has 3 aliphatic rings. The molecule has 4 nitrogen and oxygen atoms in total. The van der Waals surface area contributed by atoms with Gasteiger partial charge in [-0.25, -0.2) is 4.79 Å². The lowest BCUT2D eigenvalue weighted by molar-refractivity contribution is -0.155. The quantitative estimate of drug-likeness (QED) is 0.611. The van der Waals surface area contributed by atoms with Crippen LogP contribution in [0.1, 0.15) is 92.9 Å². The van der Waals surface area contributed by atoms with Crippen LogP contribution >= 0.6 is 0 Å². The van der Waals surface area contributed by atoms with Gasteiger partial charge in [-0.1, -0.05) is 41.0 Å². The monoisotopic (exact) mass is 378 g/mol. The van der Waals surface area contributed by atoms with E-state index in [1.165, 1.54) is 12.8 Å². The van der Waals surface area contributed by atoms with Crippen LogP contribution in [-0.2, 0) is 19.1 Å². The van der Waals surface area contributed by atoms with Crippen LogP contribution in [0.5, 0.6) is 0 Å². The van der Waals surface area contributed by atoms with E-state index in [4.69, 9.17) is 9.47 Å². The fourth-order valence-electron chi connectivity index (χ4n) is 5.91. The van der Waals surface area contributed by atoms with E-state index in [2.05, 4.69) is 13.8 Å². The summed E-state index contributed by atoms with van der Waals surface area (Å²) in [5, 5.41) is 0. The molecule has 0 amide bonds. The Morgan fingerprint density at radius 3 is 2.52 bits per heavy atom. The van der Waals surface area contributed by atoms with Crippen molar-refractivity contribution in [3.8, 4) is 0 Å². The average molecular weight is 379 g/mol.